The van der Waals surface area contributed by atoms with Crippen molar-refractivity contribution < 1.29 is 0 Å². The van der Waals surface area contributed by atoms with Gasteiger partial charge >= 0.3 is 0 Å². The molecule has 0 amide bonds. The first-order chi connectivity index (χ1) is 3.79. The molecule has 1 heterocycles. The summed E-state index contributed by atoms with van der Waals surface area (Å²) in [6.45, 7) is 0. The normalized spacial score (nSPS) is 8.11. The first kappa shape index (κ1) is 8.53. The van der Waals surface area contributed by atoms with Crippen molar-refractivity contribution in [1.29, 1.82) is 0 Å². The summed E-state index contributed by atoms with van der Waals surface area (Å²) in [5.74, 6) is 0. The van der Waals surface area contributed by atoms with Crippen LogP contribution in [0.3, 0.4) is 0 Å². The van der Waals surface area contributed by atoms with Gasteiger partial charge in [-0.05, 0) is 12.1 Å². The van der Waals surface area contributed by atoms with Crippen LogP contribution >= 0.6 is 24.0 Å². The molecule has 0 saturated carbocycles. The molecule has 0 unspecified atom stereocenters. The lowest BCUT2D eigenvalue weighted by Gasteiger charge is -1.87. The third kappa shape index (κ3) is 2.54. The van der Waals surface area contributed by atoms with Gasteiger partial charge in [-0.25, -0.2) is 4.98 Å². The predicted octanol–water partition coefficient (Wildman–Crippen LogP) is 1.74. The van der Waals surface area contributed by atoms with Crippen LogP contribution in [0, 0.1) is 0 Å². The number of halogens is 2. The van der Waals surface area contributed by atoms with Crippen molar-refractivity contribution >= 4 is 29.7 Å². The van der Waals surface area contributed by atoms with Crippen molar-refractivity contribution in [1.82, 2.24) is 4.98 Å². The molecular formula is C5H6Cl2N2. The van der Waals surface area contributed by atoms with Gasteiger partial charge < -0.3 is 5.73 Å². The Hall–Kier alpha value is -0.470. The van der Waals surface area contributed by atoms with Gasteiger partial charge in [0.1, 0.15) is 5.15 Å². The van der Waals surface area contributed by atoms with E-state index in [1.165, 1.54) is 6.20 Å². The highest BCUT2D eigenvalue weighted by Crippen LogP contribution is 2.04. The third-order valence-corrected chi connectivity index (χ3v) is 0.974. The number of nitrogen functional groups attached to an aromatic ring is 1. The molecule has 4 heteroatoms. The first-order valence-electron chi connectivity index (χ1n) is 2.16. The molecule has 0 radical (unpaired) electrons. The van der Waals surface area contributed by atoms with Crippen molar-refractivity contribution in [3.63, 3.8) is 0 Å². The van der Waals surface area contributed by atoms with E-state index in [0.717, 1.165) is 0 Å². The molecule has 0 aromatic carbocycles. The molecule has 0 aliphatic rings. The molecule has 1 aromatic rings. The lowest BCUT2D eigenvalue weighted by atomic mass is 10.4. The Morgan fingerprint density at radius 3 is 2.44 bits per heavy atom. The van der Waals surface area contributed by atoms with Crippen LogP contribution < -0.4 is 5.73 Å². The standard InChI is InChI=1S/C5H5ClN2.ClH/c6-5-2-1-4(7)3-8-5;/h1-3H,7H2;1H. The maximum Gasteiger partial charge on any atom is 0.129 e. The van der Waals surface area contributed by atoms with Gasteiger partial charge in [-0.1, -0.05) is 11.6 Å². The second-order valence-electron chi connectivity index (χ2n) is 1.41. The Morgan fingerprint density at radius 1 is 1.44 bits per heavy atom. The molecule has 0 aliphatic heterocycles. The lowest BCUT2D eigenvalue weighted by molar-refractivity contribution is 1.33. The van der Waals surface area contributed by atoms with Gasteiger partial charge in [0.05, 0.1) is 11.9 Å². The van der Waals surface area contributed by atoms with E-state index in [4.69, 9.17) is 17.3 Å². The fourth-order valence-electron chi connectivity index (χ4n) is 0.387. The van der Waals surface area contributed by atoms with Crippen molar-refractivity contribution in [2.45, 2.75) is 0 Å². The van der Waals surface area contributed by atoms with E-state index in [9.17, 15) is 0 Å². The number of nitrogens with two attached hydrogens (primary N) is 1. The number of hydrogen-bond acceptors (Lipinski definition) is 2. The van der Waals surface area contributed by atoms with Crippen LogP contribution in [0.25, 0.3) is 0 Å². The molecular weight excluding hydrogens is 159 g/mol. The minimum Gasteiger partial charge on any atom is -0.397 e. The second-order valence-corrected chi connectivity index (χ2v) is 1.80. The molecule has 9 heavy (non-hydrogen) atoms. The minimum atomic E-state index is 0. The summed E-state index contributed by atoms with van der Waals surface area (Å²) >= 11 is 5.44. The first-order valence-corrected chi connectivity index (χ1v) is 2.54. The quantitative estimate of drug-likeness (QED) is 0.594. The van der Waals surface area contributed by atoms with Gasteiger partial charge in [-0.2, -0.15) is 0 Å². The lowest BCUT2D eigenvalue weighted by Crippen LogP contribution is -1.83. The van der Waals surface area contributed by atoms with Crippen molar-refractivity contribution in [3.05, 3.63) is 23.5 Å². The Bertz CT molecular complexity index is 152. The van der Waals surface area contributed by atoms with Gasteiger partial charge in [0.25, 0.3) is 0 Å². The van der Waals surface area contributed by atoms with E-state index in [-0.39, 0.29) is 12.4 Å². The summed E-state index contributed by atoms with van der Waals surface area (Å²) in [7, 11) is 0. The van der Waals surface area contributed by atoms with E-state index < -0.39 is 0 Å². The molecule has 1 aromatic heterocycles. The van der Waals surface area contributed by atoms with Crippen LogP contribution in [-0.4, -0.2) is 4.98 Å². The fourth-order valence-corrected chi connectivity index (χ4v) is 0.499. The number of nitrogens with zero attached hydrogens (tertiary/aromatic N) is 1. The SMILES string of the molecule is Cl.Nc1ccc(Cl)nc1. The highest BCUT2D eigenvalue weighted by atomic mass is 35.5. The molecule has 0 fully saturated rings. The van der Waals surface area contributed by atoms with Crippen LogP contribution in [0.5, 0.6) is 0 Å². The van der Waals surface area contributed by atoms with E-state index in [1.807, 2.05) is 0 Å². The Balaban J connectivity index is 0.000000640. The monoisotopic (exact) mass is 164 g/mol. The Morgan fingerprint density at radius 2 is 2.11 bits per heavy atom. The molecule has 0 saturated heterocycles. The molecule has 0 atom stereocenters. The smallest absolute Gasteiger partial charge is 0.129 e. The maximum atomic E-state index is 5.44. The minimum absolute atomic E-state index is 0. The highest BCUT2D eigenvalue weighted by molar-refractivity contribution is 6.29. The van der Waals surface area contributed by atoms with Crippen molar-refractivity contribution in [2.24, 2.45) is 0 Å². The summed E-state index contributed by atoms with van der Waals surface area (Å²) in [5.41, 5.74) is 5.94. The zero-order chi connectivity index (χ0) is 5.98. The van der Waals surface area contributed by atoms with Crippen LogP contribution in [0.1, 0.15) is 0 Å². The van der Waals surface area contributed by atoms with Gasteiger partial charge in [0.15, 0.2) is 0 Å². The molecule has 2 nitrogen and oxygen atoms in total. The largest absolute Gasteiger partial charge is 0.397 e. The Kier molecular flexibility index (Phi) is 3.35. The van der Waals surface area contributed by atoms with Crippen molar-refractivity contribution in [2.75, 3.05) is 5.73 Å². The second kappa shape index (κ2) is 3.54. The predicted molar refractivity (Wildman–Crippen MR) is 40.9 cm³/mol. The Labute approximate surface area is 64.4 Å². The number of hydrogen-bond donors (Lipinski definition) is 1. The van der Waals surface area contributed by atoms with Gasteiger partial charge in [-0.15, -0.1) is 12.4 Å². The van der Waals surface area contributed by atoms with Gasteiger partial charge in [0.2, 0.25) is 0 Å². The number of pyridine rings is 1. The summed E-state index contributed by atoms with van der Waals surface area (Å²) in [5, 5.41) is 0.471. The van der Waals surface area contributed by atoms with E-state index >= 15 is 0 Å². The number of rotatable bonds is 0. The summed E-state index contributed by atoms with van der Waals surface area (Å²) in [4.78, 5) is 3.72. The van der Waals surface area contributed by atoms with Crippen LogP contribution in [-0.2, 0) is 0 Å². The van der Waals surface area contributed by atoms with E-state index in [2.05, 4.69) is 4.98 Å². The summed E-state index contributed by atoms with van der Waals surface area (Å²) in [6, 6.07) is 3.35. The fraction of sp³-hybridized carbons (Fsp3) is 0. The molecule has 0 spiro atoms. The molecule has 50 valence electrons. The average molecular weight is 165 g/mol. The molecule has 2 N–H and O–H groups in total. The number of anilines is 1. The number of aromatic nitrogens is 1. The third-order valence-electron chi connectivity index (χ3n) is 0.750. The molecule has 0 bridgehead atoms. The van der Waals surface area contributed by atoms with E-state index in [1.54, 1.807) is 12.1 Å². The zero-order valence-corrected chi connectivity index (χ0v) is 6.12. The summed E-state index contributed by atoms with van der Waals surface area (Å²) in [6.07, 6.45) is 1.52. The summed E-state index contributed by atoms with van der Waals surface area (Å²) < 4.78 is 0. The van der Waals surface area contributed by atoms with Gasteiger partial charge in [-0.3, -0.25) is 0 Å². The van der Waals surface area contributed by atoms with Crippen LogP contribution in [0.4, 0.5) is 5.69 Å². The van der Waals surface area contributed by atoms with Crippen LogP contribution in [0.15, 0.2) is 18.3 Å². The van der Waals surface area contributed by atoms with Gasteiger partial charge in [0, 0.05) is 0 Å². The molecule has 1 rings (SSSR count). The maximum absolute atomic E-state index is 5.44. The van der Waals surface area contributed by atoms with Crippen LogP contribution in [0.2, 0.25) is 5.15 Å². The zero-order valence-electron chi connectivity index (χ0n) is 4.54. The molecule has 0 aliphatic carbocycles. The average Bonchev–Trinajstić information content (AvgIpc) is 1.77. The highest BCUT2D eigenvalue weighted by Gasteiger charge is 1.83. The van der Waals surface area contributed by atoms with E-state index in [0.29, 0.717) is 10.8 Å². The topological polar surface area (TPSA) is 38.9 Å². The van der Waals surface area contributed by atoms with Crippen molar-refractivity contribution in [3.8, 4) is 0 Å².